The second-order valence-corrected chi connectivity index (χ2v) is 7.24. The smallest absolute Gasteiger partial charge is 0.0992 e. The van der Waals surface area contributed by atoms with E-state index in [0.717, 1.165) is 29.2 Å². The monoisotopic (exact) mass is 266 g/mol. The van der Waals surface area contributed by atoms with Crippen LogP contribution in [-0.2, 0) is 0 Å². The van der Waals surface area contributed by atoms with Crippen LogP contribution in [0.15, 0.2) is 18.2 Å². The summed E-state index contributed by atoms with van der Waals surface area (Å²) in [6, 6.07) is 8.91. The quantitative estimate of drug-likeness (QED) is 0.874. The first kappa shape index (κ1) is 12.3. The van der Waals surface area contributed by atoms with Gasteiger partial charge in [-0.1, -0.05) is 6.07 Å². The lowest BCUT2D eigenvalue weighted by molar-refractivity contribution is 0.00752. The number of benzene rings is 1. The van der Waals surface area contributed by atoms with Gasteiger partial charge in [0.25, 0.3) is 0 Å². The molecule has 2 heteroatoms. The Morgan fingerprint density at radius 3 is 2.30 bits per heavy atom. The number of nitriles is 1. The molecule has 0 spiro atoms. The van der Waals surface area contributed by atoms with E-state index in [1.54, 1.807) is 0 Å². The van der Waals surface area contributed by atoms with Crippen molar-refractivity contribution in [3.63, 3.8) is 0 Å². The molecule has 5 rings (SSSR count). The Morgan fingerprint density at radius 1 is 1.05 bits per heavy atom. The zero-order valence-corrected chi connectivity index (χ0v) is 12.1. The van der Waals surface area contributed by atoms with Crippen molar-refractivity contribution in [2.75, 3.05) is 5.32 Å². The molecule has 0 radical (unpaired) electrons. The van der Waals surface area contributed by atoms with Crippen LogP contribution in [0.4, 0.5) is 5.69 Å². The zero-order valence-electron chi connectivity index (χ0n) is 12.1. The number of nitrogens with zero attached hydrogens (tertiary/aromatic N) is 1. The van der Waals surface area contributed by atoms with Crippen LogP contribution < -0.4 is 5.32 Å². The molecule has 1 aromatic rings. The van der Waals surface area contributed by atoms with Crippen molar-refractivity contribution in [3.05, 3.63) is 29.3 Å². The minimum Gasteiger partial charge on any atom is -0.382 e. The molecule has 0 heterocycles. The van der Waals surface area contributed by atoms with Crippen LogP contribution in [0.25, 0.3) is 0 Å². The van der Waals surface area contributed by atoms with Crippen molar-refractivity contribution < 1.29 is 0 Å². The van der Waals surface area contributed by atoms with E-state index in [-0.39, 0.29) is 0 Å². The van der Waals surface area contributed by atoms with Gasteiger partial charge in [0.2, 0.25) is 0 Å². The molecule has 1 N–H and O–H groups in total. The van der Waals surface area contributed by atoms with Crippen LogP contribution in [0.5, 0.6) is 0 Å². The van der Waals surface area contributed by atoms with Crippen molar-refractivity contribution >= 4 is 5.69 Å². The maximum Gasteiger partial charge on any atom is 0.0992 e. The van der Waals surface area contributed by atoms with E-state index < -0.39 is 0 Å². The highest BCUT2D eigenvalue weighted by molar-refractivity contribution is 5.56. The SMILES string of the molecule is Cc1ccc(C#N)cc1NC1C2CC3CC(C2)CC1C3. The third-order valence-electron chi connectivity index (χ3n) is 5.92. The van der Waals surface area contributed by atoms with Crippen molar-refractivity contribution in [2.45, 2.75) is 45.1 Å². The highest BCUT2D eigenvalue weighted by Crippen LogP contribution is 2.54. The van der Waals surface area contributed by atoms with Crippen LogP contribution in [0.1, 0.15) is 43.2 Å². The van der Waals surface area contributed by atoms with Crippen LogP contribution in [0.2, 0.25) is 0 Å². The summed E-state index contributed by atoms with van der Waals surface area (Å²) in [5, 5.41) is 12.9. The fraction of sp³-hybridized carbons (Fsp3) is 0.611. The molecule has 104 valence electrons. The summed E-state index contributed by atoms with van der Waals surface area (Å²) in [6.45, 7) is 2.14. The van der Waals surface area contributed by atoms with E-state index in [0.29, 0.717) is 6.04 Å². The van der Waals surface area contributed by atoms with Gasteiger partial charge in [-0.25, -0.2) is 0 Å². The van der Waals surface area contributed by atoms with Gasteiger partial charge in [-0.2, -0.15) is 5.26 Å². The van der Waals surface area contributed by atoms with E-state index in [4.69, 9.17) is 5.26 Å². The predicted molar refractivity (Wildman–Crippen MR) is 80.3 cm³/mol. The van der Waals surface area contributed by atoms with Gasteiger partial charge in [0.05, 0.1) is 11.6 Å². The molecule has 20 heavy (non-hydrogen) atoms. The lowest BCUT2D eigenvalue weighted by Gasteiger charge is -2.54. The van der Waals surface area contributed by atoms with Gasteiger partial charge >= 0.3 is 0 Å². The fourth-order valence-corrected chi connectivity index (χ4v) is 5.19. The Bertz CT molecular complexity index is 541. The van der Waals surface area contributed by atoms with Gasteiger partial charge in [0, 0.05) is 11.7 Å². The molecule has 4 bridgehead atoms. The molecule has 1 aromatic carbocycles. The van der Waals surface area contributed by atoms with Crippen LogP contribution >= 0.6 is 0 Å². The first-order valence-corrected chi connectivity index (χ1v) is 8.00. The van der Waals surface area contributed by atoms with Crippen LogP contribution in [0, 0.1) is 41.9 Å². The zero-order chi connectivity index (χ0) is 13.7. The number of nitrogens with one attached hydrogen (secondary N) is 1. The lowest BCUT2D eigenvalue weighted by Crippen LogP contribution is -2.51. The number of hydrogen-bond acceptors (Lipinski definition) is 2. The number of anilines is 1. The van der Waals surface area contributed by atoms with E-state index in [9.17, 15) is 0 Å². The van der Waals surface area contributed by atoms with Gasteiger partial charge in [-0.15, -0.1) is 0 Å². The largest absolute Gasteiger partial charge is 0.382 e. The standard InChI is InChI=1S/C18H22N2/c1-11-2-3-12(10-19)9-17(11)20-18-15-5-13-4-14(7-15)8-16(18)6-13/h2-3,9,13-16,18,20H,4-8H2,1H3. The van der Waals surface area contributed by atoms with Crippen molar-refractivity contribution in [2.24, 2.45) is 23.7 Å². The molecule has 0 aromatic heterocycles. The molecule has 4 saturated carbocycles. The molecule has 2 nitrogen and oxygen atoms in total. The second-order valence-electron chi connectivity index (χ2n) is 7.24. The van der Waals surface area contributed by atoms with Gasteiger partial charge in [-0.05, 0) is 80.4 Å². The van der Waals surface area contributed by atoms with Crippen LogP contribution in [0.3, 0.4) is 0 Å². The normalized spacial score (nSPS) is 37.7. The second kappa shape index (κ2) is 4.52. The lowest BCUT2D eigenvalue weighted by atomic mass is 9.54. The highest BCUT2D eigenvalue weighted by atomic mass is 15.0. The molecular formula is C18H22N2. The summed E-state index contributed by atoms with van der Waals surface area (Å²) in [5.74, 6) is 3.77. The maximum absolute atomic E-state index is 9.08. The van der Waals surface area contributed by atoms with Crippen LogP contribution in [-0.4, -0.2) is 6.04 Å². The number of aryl methyl sites for hydroxylation is 1. The summed E-state index contributed by atoms with van der Waals surface area (Å²) in [5.41, 5.74) is 3.21. The summed E-state index contributed by atoms with van der Waals surface area (Å²) in [6.07, 6.45) is 7.23. The fourth-order valence-electron chi connectivity index (χ4n) is 5.19. The number of hydrogen-bond donors (Lipinski definition) is 1. The van der Waals surface area contributed by atoms with E-state index >= 15 is 0 Å². The third-order valence-corrected chi connectivity index (χ3v) is 5.92. The molecule has 4 aliphatic carbocycles. The van der Waals surface area contributed by atoms with Gasteiger partial charge in [0.15, 0.2) is 0 Å². The first-order valence-electron chi connectivity index (χ1n) is 8.00. The van der Waals surface area contributed by atoms with Gasteiger partial charge in [-0.3, -0.25) is 0 Å². The Morgan fingerprint density at radius 2 is 1.70 bits per heavy atom. The average molecular weight is 266 g/mol. The van der Waals surface area contributed by atoms with Crippen molar-refractivity contribution in [1.82, 2.24) is 0 Å². The molecule has 0 amide bonds. The van der Waals surface area contributed by atoms with E-state index in [1.165, 1.54) is 43.4 Å². The molecule has 0 unspecified atom stereocenters. The van der Waals surface area contributed by atoms with Gasteiger partial charge in [0.1, 0.15) is 0 Å². The summed E-state index contributed by atoms with van der Waals surface area (Å²) < 4.78 is 0. The minimum absolute atomic E-state index is 0.649. The third kappa shape index (κ3) is 1.92. The number of rotatable bonds is 2. The molecular weight excluding hydrogens is 244 g/mol. The first-order chi connectivity index (χ1) is 9.72. The molecule has 4 aliphatic rings. The van der Waals surface area contributed by atoms with E-state index in [2.05, 4.69) is 24.4 Å². The minimum atomic E-state index is 0.649. The topological polar surface area (TPSA) is 35.8 Å². The van der Waals surface area contributed by atoms with Crippen molar-refractivity contribution in [1.29, 1.82) is 5.26 Å². The predicted octanol–water partition coefficient (Wildman–Crippen LogP) is 4.10. The maximum atomic E-state index is 9.08. The summed E-state index contributed by atoms with van der Waals surface area (Å²) >= 11 is 0. The molecule has 0 saturated heterocycles. The van der Waals surface area contributed by atoms with Gasteiger partial charge < -0.3 is 5.32 Å². The Balaban J connectivity index is 1.59. The Labute approximate surface area is 121 Å². The Hall–Kier alpha value is -1.49. The molecule has 0 atom stereocenters. The molecule has 4 fully saturated rings. The summed E-state index contributed by atoms with van der Waals surface area (Å²) in [4.78, 5) is 0. The Kier molecular flexibility index (Phi) is 2.77. The summed E-state index contributed by atoms with van der Waals surface area (Å²) in [7, 11) is 0. The highest BCUT2D eigenvalue weighted by Gasteiger charge is 2.48. The molecule has 0 aliphatic heterocycles. The van der Waals surface area contributed by atoms with E-state index in [1.807, 2.05) is 12.1 Å². The average Bonchev–Trinajstić information content (AvgIpc) is 2.44. The van der Waals surface area contributed by atoms with Crippen molar-refractivity contribution in [3.8, 4) is 6.07 Å².